The molecule has 8 heteroatoms. The maximum atomic E-state index is 12.7. The summed E-state index contributed by atoms with van der Waals surface area (Å²) >= 11 is 0. The molecule has 0 fully saturated rings. The minimum Gasteiger partial charge on any atom is -0.444 e. The van der Waals surface area contributed by atoms with Gasteiger partial charge in [0.05, 0.1) is 0 Å². The fourth-order valence-electron chi connectivity index (χ4n) is 2.59. The van der Waals surface area contributed by atoms with E-state index in [-0.39, 0.29) is 11.8 Å². The lowest BCUT2D eigenvalue weighted by Gasteiger charge is -2.19. The zero-order chi connectivity index (χ0) is 23.7. The molecule has 0 aliphatic carbocycles. The second-order valence-electron chi connectivity index (χ2n) is 8.40. The predicted octanol–water partition coefficient (Wildman–Crippen LogP) is 4.34. The summed E-state index contributed by atoms with van der Waals surface area (Å²) in [5.41, 5.74) is 1.27. The number of carbonyl (C=O) groups excluding carboxylic acids is 3. The molecular formula is C24H30N4O4. The summed E-state index contributed by atoms with van der Waals surface area (Å²) in [7, 11) is 3.82. The summed E-state index contributed by atoms with van der Waals surface area (Å²) in [6, 6.07) is 13.4. The van der Waals surface area contributed by atoms with Crippen LogP contribution in [0.4, 0.5) is 21.9 Å². The molecule has 8 nitrogen and oxygen atoms in total. The predicted molar refractivity (Wildman–Crippen MR) is 127 cm³/mol. The average Bonchev–Trinajstić information content (AvgIpc) is 2.66. The standard InChI is InChI=1S/C24H30N4O4/c1-24(2,3)32-23(31)27-20-12-7-11-19(16-20)26-22(30)17-9-6-10-18(15-17)25-21(29)13-8-14-28(4)5/h6-13,15-16H,14H2,1-5H3,(H,25,29)(H,26,30)(H,27,31)/b13-8+. The zero-order valence-corrected chi connectivity index (χ0v) is 19.1. The largest absolute Gasteiger partial charge is 0.444 e. The van der Waals surface area contributed by atoms with E-state index in [4.69, 9.17) is 4.74 Å². The highest BCUT2D eigenvalue weighted by Gasteiger charge is 2.16. The Morgan fingerprint density at radius 3 is 2.12 bits per heavy atom. The van der Waals surface area contributed by atoms with Gasteiger partial charge in [-0.3, -0.25) is 14.9 Å². The zero-order valence-electron chi connectivity index (χ0n) is 19.1. The van der Waals surface area contributed by atoms with Gasteiger partial charge in [-0.15, -0.1) is 0 Å². The number of benzene rings is 2. The number of amides is 3. The number of hydrogen-bond donors (Lipinski definition) is 3. The quantitative estimate of drug-likeness (QED) is 0.559. The molecule has 0 aromatic heterocycles. The maximum absolute atomic E-state index is 12.7. The molecule has 0 saturated heterocycles. The van der Waals surface area contributed by atoms with Crippen LogP contribution in [0.25, 0.3) is 0 Å². The summed E-state index contributed by atoms with van der Waals surface area (Å²) in [5, 5.41) is 8.16. The lowest BCUT2D eigenvalue weighted by atomic mass is 10.1. The molecule has 0 spiro atoms. The van der Waals surface area contributed by atoms with E-state index >= 15 is 0 Å². The van der Waals surface area contributed by atoms with E-state index in [1.54, 1.807) is 75.4 Å². The van der Waals surface area contributed by atoms with E-state index in [1.807, 2.05) is 19.0 Å². The highest BCUT2D eigenvalue weighted by molar-refractivity contribution is 6.06. The molecular weight excluding hydrogens is 408 g/mol. The second kappa shape index (κ2) is 11.1. The monoisotopic (exact) mass is 438 g/mol. The van der Waals surface area contributed by atoms with Crippen LogP contribution >= 0.6 is 0 Å². The lowest BCUT2D eigenvalue weighted by Crippen LogP contribution is -2.27. The maximum Gasteiger partial charge on any atom is 0.412 e. The Morgan fingerprint density at radius 2 is 1.50 bits per heavy atom. The Balaban J connectivity index is 2.01. The molecule has 2 rings (SSSR count). The third kappa shape index (κ3) is 9.01. The van der Waals surface area contributed by atoms with Crippen LogP contribution in [0.3, 0.4) is 0 Å². The normalized spacial score (nSPS) is 11.3. The number of likely N-dealkylation sites (N-methyl/N-ethyl adjacent to an activating group) is 1. The van der Waals surface area contributed by atoms with Crippen molar-refractivity contribution in [2.45, 2.75) is 26.4 Å². The Kier molecular flexibility index (Phi) is 8.54. The third-order valence-electron chi connectivity index (χ3n) is 3.90. The molecule has 3 amide bonds. The minimum absolute atomic E-state index is 0.273. The van der Waals surface area contributed by atoms with Gasteiger partial charge in [-0.2, -0.15) is 0 Å². The number of hydrogen-bond acceptors (Lipinski definition) is 5. The van der Waals surface area contributed by atoms with Crippen LogP contribution in [0.15, 0.2) is 60.7 Å². The van der Waals surface area contributed by atoms with Crippen LogP contribution in [-0.2, 0) is 9.53 Å². The topological polar surface area (TPSA) is 99.8 Å². The molecule has 3 N–H and O–H groups in total. The molecule has 0 atom stereocenters. The van der Waals surface area contributed by atoms with Crippen LogP contribution in [0.1, 0.15) is 31.1 Å². The molecule has 0 unspecified atom stereocenters. The molecule has 0 saturated carbocycles. The number of nitrogens with one attached hydrogen (secondary N) is 3. The van der Waals surface area contributed by atoms with Gasteiger partial charge in [-0.05, 0) is 71.3 Å². The molecule has 170 valence electrons. The van der Waals surface area contributed by atoms with Gasteiger partial charge in [0.25, 0.3) is 5.91 Å². The summed E-state index contributed by atoms with van der Waals surface area (Å²) in [5.74, 6) is -0.621. The summed E-state index contributed by atoms with van der Waals surface area (Å²) in [6.07, 6.45) is 2.63. The van der Waals surface area contributed by atoms with E-state index in [0.717, 1.165) is 0 Å². The first-order chi connectivity index (χ1) is 15.0. The van der Waals surface area contributed by atoms with Crippen LogP contribution in [0.5, 0.6) is 0 Å². The average molecular weight is 439 g/mol. The van der Waals surface area contributed by atoms with Crippen molar-refractivity contribution in [1.82, 2.24) is 4.90 Å². The number of nitrogens with zero attached hydrogens (tertiary/aromatic N) is 1. The molecule has 2 aromatic carbocycles. The number of anilines is 3. The van der Waals surface area contributed by atoms with Gasteiger partial charge in [0.2, 0.25) is 5.91 Å². The van der Waals surface area contributed by atoms with Gasteiger partial charge in [0, 0.05) is 35.2 Å². The summed E-state index contributed by atoms with van der Waals surface area (Å²) in [4.78, 5) is 38.6. The smallest absolute Gasteiger partial charge is 0.412 e. The highest BCUT2D eigenvalue weighted by atomic mass is 16.6. The van der Waals surface area contributed by atoms with E-state index in [1.165, 1.54) is 6.08 Å². The Labute approximate surface area is 188 Å². The Bertz CT molecular complexity index is 993. The van der Waals surface area contributed by atoms with Crippen molar-refractivity contribution >= 4 is 35.0 Å². The first-order valence-corrected chi connectivity index (χ1v) is 10.2. The molecule has 0 bridgehead atoms. The molecule has 0 aliphatic rings. The van der Waals surface area contributed by atoms with Gasteiger partial charge in [0.15, 0.2) is 0 Å². The third-order valence-corrected chi connectivity index (χ3v) is 3.90. The van der Waals surface area contributed by atoms with Crippen molar-refractivity contribution in [2.24, 2.45) is 0 Å². The van der Waals surface area contributed by atoms with Gasteiger partial charge >= 0.3 is 6.09 Å². The first-order valence-electron chi connectivity index (χ1n) is 10.2. The molecule has 0 aliphatic heterocycles. The van der Waals surface area contributed by atoms with Crippen LogP contribution < -0.4 is 16.0 Å². The van der Waals surface area contributed by atoms with Crippen molar-refractivity contribution < 1.29 is 19.1 Å². The molecule has 2 aromatic rings. The first kappa shape index (κ1) is 24.6. The van der Waals surface area contributed by atoms with E-state index in [9.17, 15) is 14.4 Å². The van der Waals surface area contributed by atoms with Gasteiger partial charge in [-0.25, -0.2) is 4.79 Å². The van der Waals surface area contributed by atoms with Gasteiger partial charge in [-0.1, -0.05) is 18.2 Å². The highest BCUT2D eigenvalue weighted by Crippen LogP contribution is 2.18. The molecule has 32 heavy (non-hydrogen) atoms. The number of rotatable bonds is 7. The van der Waals surface area contributed by atoms with Crippen molar-refractivity contribution in [3.8, 4) is 0 Å². The number of ether oxygens (including phenoxy) is 1. The molecule has 0 heterocycles. The van der Waals surface area contributed by atoms with Crippen molar-refractivity contribution in [2.75, 3.05) is 36.6 Å². The van der Waals surface area contributed by atoms with E-state index in [2.05, 4.69) is 16.0 Å². The molecule has 0 radical (unpaired) electrons. The Morgan fingerprint density at radius 1 is 0.906 bits per heavy atom. The minimum atomic E-state index is -0.613. The van der Waals surface area contributed by atoms with Crippen LogP contribution in [-0.4, -0.2) is 49.0 Å². The van der Waals surface area contributed by atoms with E-state index < -0.39 is 11.7 Å². The number of carbonyl (C=O) groups is 3. The SMILES string of the molecule is CN(C)C/C=C/C(=O)Nc1cccc(C(=O)Nc2cccc(NC(=O)OC(C)(C)C)c2)c1. The summed E-state index contributed by atoms with van der Waals surface area (Å²) in [6.45, 7) is 5.98. The van der Waals surface area contributed by atoms with E-state index in [0.29, 0.717) is 29.2 Å². The lowest BCUT2D eigenvalue weighted by molar-refractivity contribution is -0.111. The van der Waals surface area contributed by atoms with Gasteiger partial charge in [0.1, 0.15) is 5.60 Å². The fraction of sp³-hybridized carbons (Fsp3) is 0.292. The Hall–Kier alpha value is -3.65. The van der Waals surface area contributed by atoms with Crippen LogP contribution in [0, 0.1) is 0 Å². The van der Waals surface area contributed by atoms with Crippen molar-refractivity contribution in [3.05, 3.63) is 66.2 Å². The van der Waals surface area contributed by atoms with Crippen molar-refractivity contribution in [1.29, 1.82) is 0 Å². The van der Waals surface area contributed by atoms with Crippen molar-refractivity contribution in [3.63, 3.8) is 0 Å². The second-order valence-corrected chi connectivity index (χ2v) is 8.40. The van der Waals surface area contributed by atoms with Crippen LogP contribution in [0.2, 0.25) is 0 Å². The van der Waals surface area contributed by atoms with Gasteiger partial charge < -0.3 is 20.3 Å². The fourth-order valence-corrected chi connectivity index (χ4v) is 2.59. The summed E-state index contributed by atoms with van der Waals surface area (Å²) < 4.78 is 5.23.